The molecule has 1 aliphatic heterocycles. The highest BCUT2D eigenvalue weighted by Crippen LogP contribution is 2.82. The predicted octanol–water partition coefficient (Wildman–Crippen LogP) is 3.31. The summed E-state index contributed by atoms with van der Waals surface area (Å²) in [5, 5.41) is 10.1. The summed E-state index contributed by atoms with van der Waals surface area (Å²) in [4.78, 5) is 4.45. The molecule has 4 heteroatoms. The van der Waals surface area contributed by atoms with Gasteiger partial charge in [-0.1, -0.05) is 17.7 Å². The Morgan fingerprint density at radius 3 is 3.19 bits per heavy atom. The Labute approximate surface area is 112 Å². The van der Waals surface area contributed by atoms with Crippen molar-refractivity contribution in [2.24, 2.45) is 22.2 Å². The molecule has 0 radical (unpaired) electrons. The summed E-state index contributed by atoms with van der Waals surface area (Å²) in [7, 11) is 0. The quantitative estimate of drug-likeness (QED) is 0.623. The monoisotopic (exact) mass is 340 g/mol. The predicted molar refractivity (Wildman–Crippen MR) is 70.1 cm³/mol. The summed E-state index contributed by atoms with van der Waals surface area (Å²) >= 11 is 8.59. The number of rotatable bonds is 0. The van der Waals surface area contributed by atoms with Crippen LogP contribution in [0.25, 0.3) is 0 Å². The fourth-order valence-corrected chi connectivity index (χ4v) is 4.23. The first kappa shape index (κ1) is 9.43. The van der Waals surface area contributed by atoms with Crippen molar-refractivity contribution in [3.8, 4) is 6.07 Å². The number of nitrogens with zero attached hydrogens (tertiary/aromatic N) is 2. The zero-order valence-corrected chi connectivity index (χ0v) is 11.1. The number of nitriles is 1. The summed E-state index contributed by atoms with van der Waals surface area (Å²) in [5.74, 6) is 0.261. The van der Waals surface area contributed by atoms with Gasteiger partial charge in [-0.15, -0.1) is 0 Å². The molecule has 2 nitrogen and oxygen atoms in total. The van der Waals surface area contributed by atoms with E-state index in [1.165, 1.54) is 11.1 Å². The van der Waals surface area contributed by atoms with Gasteiger partial charge >= 0.3 is 0 Å². The minimum absolute atomic E-state index is 0.0185. The van der Waals surface area contributed by atoms with Crippen LogP contribution in [0.1, 0.15) is 6.42 Å². The first-order valence-electron chi connectivity index (χ1n) is 5.17. The molecule has 0 amide bonds. The van der Waals surface area contributed by atoms with E-state index in [1.54, 1.807) is 0 Å². The van der Waals surface area contributed by atoms with Crippen LogP contribution in [0.15, 0.2) is 36.5 Å². The van der Waals surface area contributed by atoms with E-state index in [2.05, 4.69) is 39.7 Å². The molecular formula is C12H6ClIN2. The Bertz CT molecular complexity index is 605. The average Bonchev–Trinajstić information content (AvgIpc) is 2.64. The van der Waals surface area contributed by atoms with Crippen LogP contribution in [0.4, 0.5) is 0 Å². The Morgan fingerprint density at radius 2 is 2.44 bits per heavy atom. The maximum absolute atomic E-state index is 9.22. The van der Waals surface area contributed by atoms with Crippen molar-refractivity contribution in [3.05, 3.63) is 31.5 Å². The second kappa shape index (κ2) is 2.62. The second-order valence-corrected chi connectivity index (χ2v) is 6.12. The first-order valence-corrected chi connectivity index (χ1v) is 6.63. The lowest BCUT2D eigenvalue weighted by Gasteiger charge is -2.36. The van der Waals surface area contributed by atoms with E-state index < -0.39 is 0 Å². The van der Waals surface area contributed by atoms with Gasteiger partial charge in [0, 0.05) is 14.8 Å². The molecule has 1 heterocycles. The number of dihydropyridines is 1. The van der Waals surface area contributed by atoms with Gasteiger partial charge in [-0.2, -0.15) is 5.26 Å². The van der Waals surface area contributed by atoms with E-state index in [0.717, 1.165) is 20.7 Å². The maximum atomic E-state index is 9.22. The van der Waals surface area contributed by atoms with Crippen LogP contribution >= 0.6 is 34.2 Å². The van der Waals surface area contributed by atoms with Gasteiger partial charge in [-0.05, 0) is 40.2 Å². The van der Waals surface area contributed by atoms with E-state index in [9.17, 15) is 5.26 Å². The largest absolute Gasteiger partial charge is 0.259 e. The Hall–Kier alpha value is -0.600. The van der Waals surface area contributed by atoms with Crippen molar-refractivity contribution in [2.45, 2.75) is 6.42 Å². The molecule has 78 valence electrons. The maximum Gasteiger partial charge on any atom is 0.0672 e. The van der Waals surface area contributed by atoms with Crippen molar-refractivity contribution in [3.63, 3.8) is 0 Å². The molecule has 0 aromatic carbocycles. The molecule has 2 unspecified atom stereocenters. The highest BCUT2D eigenvalue weighted by molar-refractivity contribution is 14.1. The van der Waals surface area contributed by atoms with Gasteiger partial charge in [0.15, 0.2) is 0 Å². The van der Waals surface area contributed by atoms with Crippen LogP contribution < -0.4 is 0 Å². The van der Waals surface area contributed by atoms with E-state index in [1.807, 2.05) is 6.21 Å². The number of hydrogen-bond acceptors (Lipinski definition) is 2. The van der Waals surface area contributed by atoms with Gasteiger partial charge in [0.2, 0.25) is 0 Å². The molecule has 1 saturated carbocycles. The number of hydrogen-bond donors (Lipinski definition) is 0. The second-order valence-electron chi connectivity index (χ2n) is 4.55. The normalized spacial score (nSPS) is 41.9. The summed E-state index contributed by atoms with van der Waals surface area (Å²) < 4.78 is 1.01. The number of fused-ring (bicyclic) bond motifs is 2. The van der Waals surface area contributed by atoms with E-state index >= 15 is 0 Å². The SMILES string of the molecule is N#C[C@@H]1CC=C2C3=C4N=CC(I)=C(Cl)C4C231. The fourth-order valence-electron chi connectivity index (χ4n) is 3.46. The molecule has 4 aliphatic rings. The third kappa shape index (κ3) is 0.723. The Morgan fingerprint density at radius 1 is 1.62 bits per heavy atom. The van der Waals surface area contributed by atoms with Crippen molar-refractivity contribution in [1.29, 1.82) is 5.26 Å². The van der Waals surface area contributed by atoms with Crippen LogP contribution in [-0.4, -0.2) is 6.21 Å². The third-order valence-corrected chi connectivity index (χ3v) is 5.71. The smallest absolute Gasteiger partial charge is 0.0672 e. The van der Waals surface area contributed by atoms with Gasteiger partial charge < -0.3 is 0 Å². The Kier molecular flexibility index (Phi) is 1.55. The van der Waals surface area contributed by atoms with E-state index in [4.69, 9.17) is 11.6 Å². The molecule has 0 N–H and O–H groups in total. The van der Waals surface area contributed by atoms with Crippen LogP contribution in [0.5, 0.6) is 0 Å². The van der Waals surface area contributed by atoms with Crippen LogP contribution in [0, 0.1) is 28.6 Å². The molecule has 1 fully saturated rings. The third-order valence-electron chi connectivity index (χ3n) is 4.11. The van der Waals surface area contributed by atoms with Gasteiger partial charge in [0.1, 0.15) is 0 Å². The van der Waals surface area contributed by atoms with Gasteiger partial charge in [0.25, 0.3) is 0 Å². The highest BCUT2D eigenvalue weighted by Gasteiger charge is 2.76. The van der Waals surface area contributed by atoms with Gasteiger partial charge in [-0.25, -0.2) is 0 Å². The minimum atomic E-state index is -0.0185. The molecule has 4 rings (SSSR count). The van der Waals surface area contributed by atoms with Crippen LogP contribution in [-0.2, 0) is 0 Å². The zero-order chi connectivity index (χ0) is 11.1. The molecule has 3 atom stereocenters. The van der Waals surface area contributed by atoms with Crippen molar-refractivity contribution in [2.75, 3.05) is 0 Å². The number of allylic oxidation sites excluding steroid dienone is 5. The number of aliphatic imine (C=N–C) groups is 1. The average molecular weight is 341 g/mol. The first-order chi connectivity index (χ1) is 7.72. The topological polar surface area (TPSA) is 36.1 Å². The molecule has 3 aliphatic carbocycles. The zero-order valence-electron chi connectivity index (χ0n) is 8.17. The molecule has 0 saturated heterocycles. The lowest BCUT2D eigenvalue weighted by molar-refractivity contribution is 0.333. The fraction of sp³-hybridized carbons (Fsp3) is 0.333. The minimum Gasteiger partial charge on any atom is -0.259 e. The van der Waals surface area contributed by atoms with Crippen LogP contribution in [0.2, 0.25) is 0 Å². The summed E-state index contributed by atoms with van der Waals surface area (Å²) in [6.07, 6.45) is 4.90. The summed E-state index contributed by atoms with van der Waals surface area (Å²) in [6.45, 7) is 0. The summed E-state index contributed by atoms with van der Waals surface area (Å²) in [5.41, 5.74) is 3.75. The lowest BCUT2D eigenvalue weighted by Crippen LogP contribution is -2.33. The number of halogens is 2. The van der Waals surface area contributed by atoms with E-state index in [-0.39, 0.29) is 17.3 Å². The molecular weight excluding hydrogens is 335 g/mol. The molecule has 0 bridgehead atoms. The van der Waals surface area contributed by atoms with Crippen LogP contribution in [0.3, 0.4) is 0 Å². The summed E-state index contributed by atoms with van der Waals surface area (Å²) in [6, 6.07) is 2.42. The standard InChI is InChI=1S/C12H6ClIN2/c13-10-7(14)4-16-11-8-6-2-1-5(3-15)12(6,8)9(10)11/h2,4-5,9H,1H2/t5-,9?,12?/m0/s1. The van der Waals surface area contributed by atoms with Crippen molar-refractivity contribution in [1.82, 2.24) is 0 Å². The van der Waals surface area contributed by atoms with Crippen molar-refractivity contribution < 1.29 is 0 Å². The molecule has 1 spiro atoms. The van der Waals surface area contributed by atoms with E-state index in [0.29, 0.717) is 0 Å². The molecule has 16 heavy (non-hydrogen) atoms. The van der Waals surface area contributed by atoms with Crippen molar-refractivity contribution >= 4 is 40.4 Å². The van der Waals surface area contributed by atoms with Gasteiger partial charge in [-0.3, -0.25) is 4.99 Å². The Balaban J connectivity index is 1.94. The molecule has 0 aromatic heterocycles. The van der Waals surface area contributed by atoms with Gasteiger partial charge in [0.05, 0.1) is 29.0 Å². The molecule has 0 aromatic rings. The lowest BCUT2D eigenvalue weighted by atomic mass is 9.69. The highest BCUT2D eigenvalue weighted by atomic mass is 127.